The molecule has 4 nitrogen and oxygen atoms in total. The summed E-state index contributed by atoms with van der Waals surface area (Å²) in [6.45, 7) is 0.303. The van der Waals surface area contributed by atoms with Crippen LogP contribution in [0.2, 0.25) is 0 Å². The summed E-state index contributed by atoms with van der Waals surface area (Å²) in [4.78, 5) is 23.1. The standard InChI is InChI=1S/C8H11F3N2O2/c9-8(10,11)4-7(15)13-3-1-2-12-6(14)5-13/h1-5H2,(H,12,14). The third-order valence-corrected chi connectivity index (χ3v) is 1.97. The highest BCUT2D eigenvalue weighted by atomic mass is 19.4. The van der Waals surface area contributed by atoms with E-state index in [1.165, 1.54) is 0 Å². The lowest BCUT2D eigenvalue weighted by atomic mass is 10.3. The van der Waals surface area contributed by atoms with Gasteiger partial charge in [0.25, 0.3) is 0 Å². The van der Waals surface area contributed by atoms with Crippen LogP contribution in [0.15, 0.2) is 0 Å². The van der Waals surface area contributed by atoms with E-state index in [1.807, 2.05) is 0 Å². The van der Waals surface area contributed by atoms with Gasteiger partial charge in [-0.15, -0.1) is 0 Å². The summed E-state index contributed by atoms with van der Waals surface area (Å²) in [5, 5.41) is 2.48. The van der Waals surface area contributed by atoms with Gasteiger partial charge in [-0.2, -0.15) is 13.2 Å². The molecule has 0 aromatic carbocycles. The fraction of sp³-hybridized carbons (Fsp3) is 0.750. The molecule has 7 heteroatoms. The fourth-order valence-electron chi connectivity index (χ4n) is 1.30. The zero-order valence-electron chi connectivity index (χ0n) is 7.93. The van der Waals surface area contributed by atoms with Crippen LogP contribution in [0.25, 0.3) is 0 Å². The molecule has 0 saturated carbocycles. The molecule has 0 aromatic rings. The Balaban J connectivity index is 2.54. The Hall–Kier alpha value is -1.27. The average molecular weight is 224 g/mol. The molecule has 0 aliphatic carbocycles. The van der Waals surface area contributed by atoms with Gasteiger partial charge in [-0.25, -0.2) is 0 Å². The molecule has 1 saturated heterocycles. The van der Waals surface area contributed by atoms with Crippen molar-refractivity contribution >= 4 is 11.8 Å². The molecular formula is C8H11F3N2O2. The van der Waals surface area contributed by atoms with Gasteiger partial charge in [-0.3, -0.25) is 9.59 Å². The quantitative estimate of drug-likeness (QED) is 0.695. The first-order chi connectivity index (χ1) is 6.88. The van der Waals surface area contributed by atoms with Crippen LogP contribution < -0.4 is 5.32 Å². The molecular weight excluding hydrogens is 213 g/mol. The molecule has 1 aliphatic heterocycles. The molecule has 1 heterocycles. The third kappa shape index (κ3) is 4.18. The zero-order valence-corrected chi connectivity index (χ0v) is 7.93. The van der Waals surface area contributed by atoms with Crippen LogP contribution in [0.5, 0.6) is 0 Å². The summed E-state index contributed by atoms with van der Waals surface area (Å²) in [6, 6.07) is 0. The van der Waals surface area contributed by atoms with Crippen molar-refractivity contribution < 1.29 is 22.8 Å². The highest BCUT2D eigenvalue weighted by molar-refractivity contribution is 5.85. The lowest BCUT2D eigenvalue weighted by molar-refractivity contribution is -0.162. The Labute approximate surface area is 84.4 Å². The molecule has 2 amide bonds. The minimum Gasteiger partial charge on any atom is -0.354 e. The van der Waals surface area contributed by atoms with E-state index in [9.17, 15) is 22.8 Å². The Morgan fingerprint density at radius 1 is 1.47 bits per heavy atom. The normalized spacial score (nSPS) is 18.3. The van der Waals surface area contributed by atoms with Crippen molar-refractivity contribution in [2.45, 2.75) is 19.0 Å². The number of hydrogen-bond donors (Lipinski definition) is 1. The van der Waals surface area contributed by atoms with Crippen LogP contribution in [0.4, 0.5) is 13.2 Å². The monoisotopic (exact) mass is 224 g/mol. The lowest BCUT2D eigenvalue weighted by Crippen LogP contribution is -2.39. The molecule has 0 atom stereocenters. The maximum Gasteiger partial charge on any atom is 0.397 e. The summed E-state index contributed by atoms with van der Waals surface area (Å²) in [5.41, 5.74) is 0. The minimum absolute atomic E-state index is 0.188. The van der Waals surface area contributed by atoms with E-state index < -0.39 is 24.4 Å². The molecule has 0 bridgehead atoms. The Bertz CT molecular complexity index is 265. The first-order valence-electron chi connectivity index (χ1n) is 4.50. The highest BCUT2D eigenvalue weighted by Crippen LogP contribution is 2.20. The van der Waals surface area contributed by atoms with Gasteiger partial charge in [0.2, 0.25) is 11.8 Å². The van der Waals surface area contributed by atoms with E-state index in [0.29, 0.717) is 13.0 Å². The van der Waals surface area contributed by atoms with Gasteiger partial charge in [0, 0.05) is 13.1 Å². The third-order valence-electron chi connectivity index (χ3n) is 1.97. The molecule has 1 rings (SSSR count). The molecule has 0 unspecified atom stereocenters. The largest absolute Gasteiger partial charge is 0.397 e. The molecule has 0 radical (unpaired) electrons. The molecule has 1 N–H and O–H groups in total. The number of carbonyl (C=O) groups excluding carboxylic acids is 2. The van der Waals surface area contributed by atoms with E-state index in [0.717, 1.165) is 4.90 Å². The van der Waals surface area contributed by atoms with Crippen molar-refractivity contribution in [3.8, 4) is 0 Å². The van der Waals surface area contributed by atoms with Crippen molar-refractivity contribution in [2.75, 3.05) is 19.6 Å². The van der Waals surface area contributed by atoms with Gasteiger partial charge >= 0.3 is 6.18 Å². The molecule has 0 spiro atoms. The second kappa shape index (κ2) is 4.50. The van der Waals surface area contributed by atoms with Crippen LogP contribution >= 0.6 is 0 Å². The van der Waals surface area contributed by atoms with Crippen LogP contribution in [0.3, 0.4) is 0 Å². The van der Waals surface area contributed by atoms with Crippen molar-refractivity contribution in [2.24, 2.45) is 0 Å². The first kappa shape index (κ1) is 11.8. The second-order valence-corrected chi connectivity index (χ2v) is 3.31. The van der Waals surface area contributed by atoms with E-state index >= 15 is 0 Å². The second-order valence-electron chi connectivity index (χ2n) is 3.31. The lowest BCUT2D eigenvalue weighted by Gasteiger charge is -2.19. The number of halogens is 3. The van der Waals surface area contributed by atoms with Gasteiger partial charge in [0.1, 0.15) is 6.42 Å². The number of hydrogen-bond acceptors (Lipinski definition) is 2. The SMILES string of the molecule is O=C1CN(C(=O)CC(F)(F)F)CCCN1. The van der Waals surface area contributed by atoms with Crippen LogP contribution in [0.1, 0.15) is 12.8 Å². The number of amides is 2. The number of nitrogens with zero attached hydrogens (tertiary/aromatic N) is 1. The summed E-state index contributed by atoms with van der Waals surface area (Å²) in [6.07, 6.45) is -5.53. The molecule has 15 heavy (non-hydrogen) atoms. The van der Waals surface area contributed by atoms with Crippen molar-refractivity contribution in [1.29, 1.82) is 0 Å². The van der Waals surface area contributed by atoms with E-state index in [4.69, 9.17) is 0 Å². The minimum atomic E-state index is -4.51. The summed E-state index contributed by atoms with van der Waals surface area (Å²) < 4.78 is 35.7. The number of alkyl halides is 3. The van der Waals surface area contributed by atoms with Crippen LogP contribution in [-0.4, -0.2) is 42.5 Å². The molecule has 0 aromatic heterocycles. The summed E-state index contributed by atoms with van der Waals surface area (Å²) in [7, 11) is 0. The van der Waals surface area contributed by atoms with Gasteiger partial charge in [0.15, 0.2) is 0 Å². The van der Waals surface area contributed by atoms with Crippen molar-refractivity contribution in [3.63, 3.8) is 0 Å². The predicted molar refractivity (Wildman–Crippen MR) is 44.9 cm³/mol. The van der Waals surface area contributed by atoms with Gasteiger partial charge in [0.05, 0.1) is 6.54 Å². The number of rotatable bonds is 1. The fourth-order valence-corrected chi connectivity index (χ4v) is 1.30. The Kier molecular flexibility index (Phi) is 3.54. The van der Waals surface area contributed by atoms with Gasteiger partial charge in [-0.05, 0) is 6.42 Å². The van der Waals surface area contributed by atoms with Crippen LogP contribution in [-0.2, 0) is 9.59 Å². The Morgan fingerprint density at radius 3 is 2.73 bits per heavy atom. The van der Waals surface area contributed by atoms with Gasteiger partial charge in [-0.1, -0.05) is 0 Å². The van der Waals surface area contributed by atoms with Crippen LogP contribution in [0, 0.1) is 0 Å². The van der Waals surface area contributed by atoms with E-state index in [-0.39, 0.29) is 13.1 Å². The van der Waals surface area contributed by atoms with E-state index in [2.05, 4.69) is 5.32 Å². The first-order valence-corrected chi connectivity index (χ1v) is 4.50. The predicted octanol–water partition coefficient (Wildman–Crippen LogP) is 0.287. The molecule has 1 aliphatic rings. The van der Waals surface area contributed by atoms with Crippen molar-refractivity contribution in [3.05, 3.63) is 0 Å². The maximum atomic E-state index is 11.9. The topological polar surface area (TPSA) is 49.4 Å². The zero-order chi connectivity index (χ0) is 11.5. The van der Waals surface area contributed by atoms with Crippen molar-refractivity contribution in [1.82, 2.24) is 10.2 Å². The molecule has 86 valence electrons. The average Bonchev–Trinajstić information content (AvgIpc) is 2.26. The number of nitrogens with one attached hydrogen (secondary N) is 1. The highest BCUT2D eigenvalue weighted by Gasteiger charge is 2.34. The molecule has 1 fully saturated rings. The smallest absolute Gasteiger partial charge is 0.354 e. The number of carbonyl (C=O) groups is 2. The summed E-state index contributed by atoms with van der Waals surface area (Å²) >= 11 is 0. The summed E-state index contributed by atoms with van der Waals surface area (Å²) in [5.74, 6) is -1.46. The maximum absolute atomic E-state index is 11.9. The van der Waals surface area contributed by atoms with E-state index in [1.54, 1.807) is 0 Å². The van der Waals surface area contributed by atoms with Gasteiger partial charge < -0.3 is 10.2 Å². The Morgan fingerprint density at radius 2 is 2.13 bits per heavy atom.